The number of carboxylic acid groups (broad SMARTS) is 2. The van der Waals surface area contributed by atoms with Gasteiger partial charge in [-0.05, 0) is 33.2 Å². The van der Waals surface area contributed by atoms with E-state index < -0.39 is 34.5 Å². The molecule has 32 heavy (non-hydrogen) atoms. The molecule has 4 rings (SSSR count). The van der Waals surface area contributed by atoms with Crippen LogP contribution >= 0.6 is 34.9 Å². The van der Waals surface area contributed by atoms with Gasteiger partial charge >= 0.3 is 11.9 Å². The van der Waals surface area contributed by atoms with Crippen LogP contribution in [0.3, 0.4) is 0 Å². The molecule has 0 saturated carbocycles. The Bertz CT molecular complexity index is 1070. The molecule has 0 radical (unpaired) electrons. The number of carbonyl (C=O) groups is 4. The molecule has 1 fully saturated rings. The molecule has 0 aromatic carbocycles. The van der Waals surface area contributed by atoms with Crippen LogP contribution in [0.4, 0.5) is 0 Å². The van der Waals surface area contributed by atoms with Gasteiger partial charge in [0.2, 0.25) is 11.1 Å². The third kappa shape index (κ3) is 4.49. The Morgan fingerprint density at radius 3 is 2.81 bits per heavy atom. The number of carbonyl (C=O) groups excluding carboxylic acids is 2. The maximum atomic E-state index is 12.8. The van der Waals surface area contributed by atoms with Crippen LogP contribution in [-0.4, -0.2) is 81.9 Å². The molecule has 0 spiro atoms. The maximum absolute atomic E-state index is 12.8. The number of fused-ring (bicyclic) bond motifs is 1. The van der Waals surface area contributed by atoms with Gasteiger partial charge in [-0.1, -0.05) is 11.8 Å². The summed E-state index contributed by atoms with van der Waals surface area (Å²) in [7, 11) is 0. The van der Waals surface area contributed by atoms with Gasteiger partial charge in [0, 0.05) is 11.0 Å². The third-order valence-corrected chi connectivity index (χ3v) is 7.94. The van der Waals surface area contributed by atoms with Gasteiger partial charge in [0.1, 0.15) is 17.1 Å². The van der Waals surface area contributed by atoms with Crippen molar-refractivity contribution < 1.29 is 29.4 Å². The minimum absolute atomic E-state index is 0.125. The summed E-state index contributed by atoms with van der Waals surface area (Å²) in [6, 6.07) is 0.973. The lowest BCUT2D eigenvalue weighted by Crippen LogP contribution is -2.70. The molecule has 4 heterocycles. The fraction of sp³-hybridized carbons (Fsp3) is 0.353. The van der Waals surface area contributed by atoms with E-state index in [9.17, 15) is 29.4 Å². The number of hydrogen-bond donors (Lipinski definition) is 4. The SMILES string of the molecule is O=C(O)CC(Sc1nn[nH]n1)C1=C(C(=O)O)N2C(=O)C(NC(=O)Cc3ccsc3)[C@@H]2SC1. The molecule has 1 saturated heterocycles. The second-order valence-corrected chi connectivity index (χ2v) is 9.90. The monoisotopic (exact) mass is 496 g/mol. The van der Waals surface area contributed by atoms with Crippen molar-refractivity contribution in [3.05, 3.63) is 33.7 Å². The highest BCUT2D eigenvalue weighted by molar-refractivity contribution is 8.01. The van der Waals surface area contributed by atoms with Gasteiger partial charge in [-0.15, -0.1) is 22.0 Å². The van der Waals surface area contributed by atoms with Crippen molar-refractivity contribution in [2.45, 2.75) is 34.7 Å². The van der Waals surface area contributed by atoms with Crippen LogP contribution in [0.2, 0.25) is 0 Å². The number of nitrogens with one attached hydrogen (secondary N) is 2. The van der Waals surface area contributed by atoms with E-state index >= 15 is 0 Å². The topological polar surface area (TPSA) is 178 Å². The fourth-order valence-corrected chi connectivity index (χ4v) is 6.61. The average molecular weight is 497 g/mol. The zero-order valence-corrected chi connectivity index (χ0v) is 18.6. The lowest BCUT2D eigenvalue weighted by molar-refractivity contribution is -0.150. The summed E-state index contributed by atoms with van der Waals surface area (Å²) < 4.78 is 0. The summed E-state index contributed by atoms with van der Waals surface area (Å²) in [6.45, 7) is 0. The van der Waals surface area contributed by atoms with Crippen LogP contribution in [0.15, 0.2) is 33.3 Å². The molecule has 2 amide bonds. The number of aromatic nitrogens is 4. The van der Waals surface area contributed by atoms with Gasteiger partial charge in [0.15, 0.2) is 0 Å². The molecule has 15 heteroatoms. The zero-order valence-electron chi connectivity index (χ0n) is 16.1. The van der Waals surface area contributed by atoms with Gasteiger partial charge in [0.25, 0.3) is 5.91 Å². The minimum Gasteiger partial charge on any atom is -0.481 e. The van der Waals surface area contributed by atoms with E-state index in [1.807, 2.05) is 16.8 Å². The van der Waals surface area contributed by atoms with Crippen molar-refractivity contribution in [1.82, 2.24) is 30.8 Å². The number of H-pyrrole nitrogens is 1. The Morgan fingerprint density at radius 2 is 2.19 bits per heavy atom. The Balaban J connectivity index is 1.54. The summed E-state index contributed by atoms with van der Waals surface area (Å²) in [5.41, 5.74) is 0.854. The standard InChI is InChI=1S/C17H16N6O6S3/c24-10(3-7-1-2-30-5-7)18-12-14(27)23-13(16(28)29)8(6-31-15(12)23)9(4-11(25)26)32-17-19-21-22-20-17/h1-2,5,9,12,15H,3-4,6H2,(H,18,24)(H,25,26)(H,28,29)(H,19,20,21,22)/t9?,12?,15-/m0/s1. The van der Waals surface area contributed by atoms with Gasteiger partial charge in [-0.25, -0.2) is 4.79 Å². The van der Waals surface area contributed by atoms with E-state index in [4.69, 9.17) is 0 Å². The summed E-state index contributed by atoms with van der Waals surface area (Å²) >= 11 is 3.69. The number of aliphatic carboxylic acids is 2. The molecule has 2 aliphatic heterocycles. The van der Waals surface area contributed by atoms with Gasteiger partial charge < -0.3 is 15.5 Å². The van der Waals surface area contributed by atoms with Crippen molar-refractivity contribution in [3.8, 4) is 0 Å². The highest BCUT2D eigenvalue weighted by atomic mass is 32.2. The third-order valence-electron chi connectivity index (χ3n) is 4.78. The number of β-lactam (4-membered cyclic amide) rings is 1. The Labute approximate surface area is 192 Å². The van der Waals surface area contributed by atoms with Crippen molar-refractivity contribution >= 4 is 58.6 Å². The molecule has 2 aliphatic rings. The maximum Gasteiger partial charge on any atom is 0.352 e. The summed E-state index contributed by atoms with van der Waals surface area (Å²) in [4.78, 5) is 49.7. The molecule has 2 aromatic heterocycles. The molecule has 2 aromatic rings. The second-order valence-electron chi connectivity index (χ2n) is 6.84. The number of hydrogen-bond acceptors (Lipinski definition) is 10. The second kappa shape index (κ2) is 9.30. The van der Waals surface area contributed by atoms with Crippen LogP contribution < -0.4 is 5.32 Å². The Morgan fingerprint density at radius 1 is 1.38 bits per heavy atom. The van der Waals surface area contributed by atoms with Crippen LogP contribution in [0.25, 0.3) is 0 Å². The number of thiophene rings is 1. The molecule has 3 atom stereocenters. The predicted molar refractivity (Wildman–Crippen MR) is 114 cm³/mol. The van der Waals surface area contributed by atoms with Gasteiger partial charge in [-0.2, -0.15) is 16.6 Å². The highest BCUT2D eigenvalue weighted by Crippen LogP contribution is 2.44. The van der Waals surface area contributed by atoms with Gasteiger partial charge in [-0.3, -0.25) is 19.3 Å². The van der Waals surface area contributed by atoms with E-state index in [0.717, 1.165) is 22.2 Å². The summed E-state index contributed by atoms with van der Waals surface area (Å²) in [5.74, 6) is -3.18. The number of thioether (sulfide) groups is 2. The van der Waals surface area contributed by atoms with Crippen molar-refractivity contribution in [2.24, 2.45) is 0 Å². The van der Waals surface area contributed by atoms with E-state index in [-0.39, 0.29) is 40.9 Å². The Kier molecular flexibility index (Phi) is 6.48. The molecular formula is C17H16N6O6S3. The van der Waals surface area contributed by atoms with E-state index in [1.54, 1.807) is 0 Å². The first-order valence-electron chi connectivity index (χ1n) is 9.18. The van der Waals surface area contributed by atoms with Crippen LogP contribution in [0, 0.1) is 0 Å². The molecule has 4 N–H and O–H groups in total. The van der Waals surface area contributed by atoms with Crippen LogP contribution in [0.5, 0.6) is 0 Å². The average Bonchev–Trinajstić information content (AvgIpc) is 3.44. The van der Waals surface area contributed by atoms with E-state index in [1.165, 1.54) is 23.1 Å². The number of carboxylic acids is 2. The largest absolute Gasteiger partial charge is 0.481 e. The summed E-state index contributed by atoms with van der Waals surface area (Å²) in [6.07, 6.45) is -0.265. The predicted octanol–water partition coefficient (Wildman–Crippen LogP) is 0.178. The lowest BCUT2D eigenvalue weighted by atomic mass is 10.00. The van der Waals surface area contributed by atoms with Crippen molar-refractivity contribution in [2.75, 3.05) is 5.75 Å². The zero-order chi connectivity index (χ0) is 22.8. The first kappa shape index (κ1) is 22.3. The quantitative estimate of drug-likeness (QED) is 0.275. The molecule has 2 unspecified atom stereocenters. The van der Waals surface area contributed by atoms with E-state index in [2.05, 4.69) is 25.9 Å². The van der Waals surface area contributed by atoms with Crippen LogP contribution in [-0.2, 0) is 25.6 Å². The molecule has 0 bridgehead atoms. The minimum atomic E-state index is -1.34. The first-order valence-corrected chi connectivity index (χ1v) is 12.1. The number of rotatable bonds is 9. The highest BCUT2D eigenvalue weighted by Gasteiger charge is 2.54. The Hall–Kier alpha value is -2.91. The molecular weight excluding hydrogens is 480 g/mol. The lowest BCUT2D eigenvalue weighted by Gasteiger charge is -2.50. The number of nitrogens with zero attached hydrogens (tertiary/aromatic N) is 4. The van der Waals surface area contributed by atoms with Crippen molar-refractivity contribution in [1.29, 1.82) is 0 Å². The number of amides is 2. The first-order chi connectivity index (χ1) is 15.3. The fourth-order valence-electron chi connectivity index (χ4n) is 3.42. The van der Waals surface area contributed by atoms with Crippen molar-refractivity contribution in [3.63, 3.8) is 0 Å². The smallest absolute Gasteiger partial charge is 0.352 e. The van der Waals surface area contributed by atoms with E-state index in [0.29, 0.717) is 0 Å². The normalized spacial score (nSPS) is 21.0. The van der Waals surface area contributed by atoms with Crippen LogP contribution in [0.1, 0.15) is 12.0 Å². The molecule has 0 aliphatic carbocycles. The molecule has 168 valence electrons. The summed E-state index contributed by atoms with van der Waals surface area (Å²) in [5, 5.41) is 37.5. The van der Waals surface area contributed by atoms with Gasteiger partial charge in [0.05, 0.1) is 12.8 Å². The number of tetrazole rings is 1. The molecule has 12 nitrogen and oxygen atoms in total. The number of aromatic amines is 1.